The van der Waals surface area contributed by atoms with Gasteiger partial charge in [0.2, 0.25) is 0 Å². The summed E-state index contributed by atoms with van der Waals surface area (Å²) >= 11 is 0. The zero-order valence-electron chi connectivity index (χ0n) is 8.34. The van der Waals surface area contributed by atoms with E-state index in [2.05, 4.69) is 0 Å². The maximum atomic E-state index is 9.80. The topological polar surface area (TPSA) is 66.5 Å². The summed E-state index contributed by atoms with van der Waals surface area (Å²) in [5.41, 5.74) is 6.50. The van der Waals surface area contributed by atoms with Crippen LogP contribution in [0.25, 0.3) is 0 Å². The Labute approximate surface area is 95.3 Å². The zero-order chi connectivity index (χ0) is 10.1. The number of nitrogens with two attached hydrogens (primary N) is 1. The third-order valence-electron chi connectivity index (χ3n) is 2.77. The first kappa shape index (κ1) is 12.3. The fourth-order valence-electron chi connectivity index (χ4n) is 1.68. The van der Waals surface area contributed by atoms with Crippen molar-refractivity contribution in [2.45, 2.75) is 25.0 Å². The van der Waals surface area contributed by atoms with Crippen LogP contribution in [0.4, 0.5) is 0 Å². The predicted molar refractivity (Wildman–Crippen MR) is 61.0 cm³/mol. The quantitative estimate of drug-likeness (QED) is 0.738. The molecule has 1 aliphatic rings. The van der Waals surface area contributed by atoms with Gasteiger partial charge in [-0.05, 0) is 24.8 Å². The molecule has 4 N–H and O–H groups in total. The van der Waals surface area contributed by atoms with Crippen molar-refractivity contribution in [3.8, 4) is 5.75 Å². The number of rotatable bonds is 3. The lowest BCUT2D eigenvalue weighted by molar-refractivity contribution is 0.121. The lowest BCUT2D eigenvalue weighted by atomic mass is 9.98. The molecular formula is C11H16ClNO2. The van der Waals surface area contributed by atoms with Crippen LogP contribution in [0, 0.1) is 5.92 Å². The van der Waals surface area contributed by atoms with E-state index >= 15 is 0 Å². The van der Waals surface area contributed by atoms with Gasteiger partial charge < -0.3 is 15.9 Å². The Balaban J connectivity index is 0.00000112. The van der Waals surface area contributed by atoms with Crippen molar-refractivity contribution in [3.05, 3.63) is 29.8 Å². The number of aliphatic hydroxyl groups excluding tert-OH is 1. The molecule has 1 aliphatic carbocycles. The van der Waals surface area contributed by atoms with E-state index in [0.29, 0.717) is 11.5 Å². The summed E-state index contributed by atoms with van der Waals surface area (Å²) in [7, 11) is 0. The maximum Gasteiger partial charge on any atom is 0.120 e. The maximum absolute atomic E-state index is 9.80. The lowest BCUT2D eigenvalue weighted by Crippen LogP contribution is -2.27. The highest BCUT2D eigenvalue weighted by Gasteiger charge is 2.34. The van der Waals surface area contributed by atoms with Gasteiger partial charge in [-0.1, -0.05) is 18.2 Å². The summed E-state index contributed by atoms with van der Waals surface area (Å²) in [6.07, 6.45) is 1.56. The van der Waals surface area contributed by atoms with Crippen LogP contribution in [0.3, 0.4) is 0 Å². The van der Waals surface area contributed by atoms with Gasteiger partial charge in [-0.3, -0.25) is 0 Å². The van der Waals surface area contributed by atoms with Crippen LogP contribution in [0.15, 0.2) is 24.3 Å². The van der Waals surface area contributed by atoms with Crippen LogP contribution in [0.1, 0.15) is 24.4 Å². The van der Waals surface area contributed by atoms with E-state index in [0.717, 1.165) is 12.8 Å². The molecule has 0 aromatic heterocycles. The molecule has 1 fully saturated rings. The van der Waals surface area contributed by atoms with Gasteiger partial charge in [0.15, 0.2) is 0 Å². The Bertz CT molecular complexity index is 328. The highest BCUT2D eigenvalue weighted by molar-refractivity contribution is 5.85. The number of phenols is 1. The first-order valence-corrected chi connectivity index (χ1v) is 4.91. The van der Waals surface area contributed by atoms with Crippen LogP contribution < -0.4 is 5.73 Å². The summed E-state index contributed by atoms with van der Waals surface area (Å²) in [4.78, 5) is 0. The van der Waals surface area contributed by atoms with E-state index in [1.54, 1.807) is 18.2 Å². The van der Waals surface area contributed by atoms with Crippen molar-refractivity contribution < 1.29 is 10.2 Å². The molecule has 1 aromatic carbocycles. The first-order valence-electron chi connectivity index (χ1n) is 4.91. The van der Waals surface area contributed by atoms with E-state index in [1.165, 1.54) is 0 Å². The average Bonchev–Trinajstić information content (AvgIpc) is 3.00. The molecule has 0 radical (unpaired) electrons. The van der Waals surface area contributed by atoms with Crippen LogP contribution in [-0.4, -0.2) is 16.3 Å². The van der Waals surface area contributed by atoms with Crippen LogP contribution in [-0.2, 0) is 0 Å². The molecule has 0 aliphatic heterocycles. The Hall–Kier alpha value is -0.770. The molecule has 0 bridgehead atoms. The minimum Gasteiger partial charge on any atom is -0.508 e. The van der Waals surface area contributed by atoms with Gasteiger partial charge in [0, 0.05) is 5.56 Å². The van der Waals surface area contributed by atoms with Crippen molar-refractivity contribution in [2.75, 3.05) is 0 Å². The molecule has 4 heteroatoms. The average molecular weight is 230 g/mol. The van der Waals surface area contributed by atoms with Gasteiger partial charge in [-0.2, -0.15) is 0 Å². The Morgan fingerprint density at radius 2 is 1.87 bits per heavy atom. The van der Waals surface area contributed by atoms with Crippen LogP contribution >= 0.6 is 12.4 Å². The third-order valence-corrected chi connectivity index (χ3v) is 2.77. The van der Waals surface area contributed by atoms with Crippen molar-refractivity contribution in [1.82, 2.24) is 0 Å². The second-order valence-corrected chi connectivity index (χ2v) is 3.91. The van der Waals surface area contributed by atoms with Crippen molar-refractivity contribution in [1.29, 1.82) is 0 Å². The number of aromatic hydroxyl groups is 1. The lowest BCUT2D eigenvalue weighted by Gasteiger charge is -2.19. The zero-order valence-corrected chi connectivity index (χ0v) is 9.15. The Morgan fingerprint density at radius 1 is 1.27 bits per heavy atom. The summed E-state index contributed by atoms with van der Waals surface area (Å²) in [6.45, 7) is 0. The highest BCUT2D eigenvalue weighted by atomic mass is 35.5. The molecule has 0 unspecified atom stereocenters. The van der Waals surface area contributed by atoms with E-state index < -0.39 is 12.1 Å². The van der Waals surface area contributed by atoms with E-state index in [4.69, 9.17) is 5.73 Å². The largest absolute Gasteiger partial charge is 0.508 e. The molecular weight excluding hydrogens is 214 g/mol. The van der Waals surface area contributed by atoms with Gasteiger partial charge in [-0.15, -0.1) is 12.4 Å². The second-order valence-electron chi connectivity index (χ2n) is 3.91. The summed E-state index contributed by atoms with van der Waals surface area (Å²) in [5.74, 6) is 0.490. The summed E-state index contributed by atoms with van der Waals surface area (Å²) in [5, 5.41) is 19.3. The third kappa shape index (κ3) is 2.62. The fourth-order valence-corrected chi connectivity index (χ4v) is 1.68. The smallest absolute Gasteiger partial charge is 0.120 e. The number of hydrogen-bond donors (Lipinski definition) is 3. The van der Waals surface area contributed by atoms with Crippen molar-refractivity contribution in [3.63, 3.8) is 0 Å². The minimum atomic E-state index is -0.525. The van der Waals surface area contributed by atoms with E-state index in [9.17, 15) is 10.2 Å². The summed E-state index contributed by atoms with van der Waals surface area (Å²) < 4.78 is 0. The Morgan fingerprint density at radius 3 is 2.40 bits per heavy atom. The second kappa shape index (κ2) is 4.84. The number of phenolic OH excluding ortho intramolecular Hbond substituents is 1. The molecule has 1 aromatic rings. The molecule has 2 rings (SSSR count). The van der Waals surface area contributed by atoms with Gasteiger partial charge in [0.25, 0.3) is 0 Å². The number of benzene rings is 1. The molecule has 2 atom stereocenters. The summed E-state index contributed by atoms with van der Waals surface area (Å²) in [6, 6.07) is 6.44. The standard InChI is InChI=1S/C11H15NO2.ClH/c12-10(11(14)7-5-6-7)8-3-1-2-4-9(8)13;/h1-4,7,10-11,13-14H,5-6,12H2;1H/t10-,11+;/m1./s1. The van der Waals surface area contributed by atoms with Gasteiger partial charge in [-0.25, -0.2) is 0 Å². The van der Waals surface area contributed by atoms with E-state index in [-0.39, 0.29) is 18.2 Å². The normalized spacial score (nSPS) is 19.1. The van der Waals surface area contributed by atoms with Crippen molar-refractivity contribution >= 4 is 12.4 Å². The van der Waals surface area contributed by atoms with Crippen LogP contribution in [0.2, 0.25) is 0 Å². The molecule has 15 heavy (non-hydrogen) atoms. The molecule has 0 spiro atoms. The van der Waals surface area contributed by atoms with Crippen LogP contribution in [0.5, 0.6) is 5.75 Å². The number of para-hydroxylation sites is 1. The van der Waals surface area contributed by atoms with E-state index in [1.807, 2.05) is 6.07 Å². The molecule has 3 nitrogen and oxygen atoms in total. The number of halogens is 1. The van der Waals surface area contributed by atoms with Gasteiger partial charge >= 0.3 is 0 Å². The minimum absolute atomic E-state index is 0. The van der Waals surface area contributed by atoms with Gasteiger partial charge in [0.05, 0.1) is 12.1 Å². The highest BCUT2D eigenvalue weighted by Crippen LogP contribution is 2.38. The molecule has 0 amide bonds. The molecule has 0 saturated heterocycles. The molecule has 0 heterocycles. The molecule has 1 saturated carbocycles. The SMILES string of the molecule is Cl.N[C@H](c1ccccc1O)[C@@H](O)C1CC1. The fraction of sp³-hybridized carbons (Fsp3) is 0.455. The Kier molecular flexibility index (Phi) is 3.97. The number of aliphatic hydroxyl groups is 1. The first-order chi connectivity index (χ1) is 6.70. The predicted octanol–water partition coefficient (Wildman–Crippen LogP) is 1.58. The number of hydrogen-bond acceptors (Lipinski definition) is 3. The monoisotopic (exact) mass is 229 g/mol. The van der Waals surface area contributed by atoms with Crippen molar-refractivity contribution in [2.24, 2.45) is 11.7 Å². The molecule has 84 valence electrons. The van der Waals surface area contributed by atoms with Gasteiger partial charge in [0.1, 0.15) is 5.75 Å².